The van der Waals surface area contributed by atoms with Crippen LogP contribution >= 0.6 is 0 Å². The van der Waals surface area contributed by atoms with Gasteiger partial charge in [-0.1, -0.05) is 24.3 Å². The number of benzene rings is 1. The summed E-state index contributed by atoms with van der Waals surface area (Å²) in [6.07, 6.45) is 9.13. The van der Waals surface area contributed by atoms with Crippen molar-refractivity contribution < 1.29 is 9.53 Å². The van der Waals surface area contributed by atoms with E-state index in [2.05, 4.69) is 50.8 Å². The number of pyridine rings is 2. The van der Waals surface area contributed by atoms with Gasteiger partial charge in [0.15, 0.2) is 5.82 Å². The third-order valence-electron chi connectivity index (χ3n) is 7.22. The second kappa shape index (κ2) is 8.15. The average Bonchev–Trinajstić information content (AvgIpc) is 3.56. The standard InChI is InChI=1S/C27H25N7O2/c1-33-15-30-32-26(33)18-6-4-17(5-7-18)22-13-28-24(11-21(22)16-2-3-16)31-19-10-23-27(29-12-19)36-14-20-8-9-25(35)34(20)23/h4-7,10-13,15-16,20H,2-3,8-9,14H2,1H3,(H,28,31)/t20-/m0/s1. The summed E-state index contributed by atoms with van der Waals surface area (Å²) in [7, 11) is 1.94. The number of amides is 1. The molecule has 3 aromatic heterocycles. The molecule has 4 aromatic rings. The first-order chi connectivity index (χ1) is 17.6. The number of anilines is 3. The molecule has 2 aliphatic heterocycles. The third kappa shape index (κ3) is 3.59. The van der Waals surface area contributed by atoms with E-state index >= 15 is 0 Å². The number of aryl methyl sites for hydroxylation is 1. The Bertz CT molecular complexity index is 1480. The number of rotatable bonds is 5. The Balaban J connectivity index is 1.18. The van der Waals surface area contributed by atoms with Crippen molar-refractivity contribution in [1.82, 2.24) is 24.7 Å². The minimum atomic E-state index is 0.0981. The molecule has 1 atom stereocenters. The van der Waals surface area contributed by atoms with Crippen LogP contribution in [0, 0.1) is 0 Å². The highest BCUT2D eigenvalue weighted by atomic mass is 16.5. The lowest BCUT2D eigenvalue weighted by molar-refractivity contribution is -0.117. The van der Waals surface area contributed by atoms with Gasteiger partial charge in [-0.2, -0.15) is 0 Å². The Morgan fingerprint density at radius 2 is 1.86 bits per heavy atom. The summed E-state index contributed by atoms with van der Waals surface area (Å²) in [5.74, 6) is 2.79. The van der Waals surface area contributed by atoms with Gasteiger partial charge in [0.2, 0.25) is 11.8 Å². The molecule has 0 radical (unpaired) electrons. The molecule has 5 heterocycles. The molecule has 1 saturated heterocycles. The number of hydrogen-bond donors (Lipinski definition) is 1. The lowest BCUT2D eigenvalue weighted by Crippen LogP contribution is -2.40. The molecular formula is C27H25N7O2. The fourth-order valence-corrected chi connectivity index (χ4v) is 5.20. The van der Waals surface area contributed by atoms with E-state index in [0.29, 0.717) is 24.8 Å². The molecule has 1 aliphatic carbocycles. The van der Waals surface area contributed by atoms with Gasteiger partial charge in [0.1, 0.15) is 24.4 Å². The van der Waals surface area contributed by atoms with Crippen LogP contribution in [0.3, 0.4) is 0 Å². The molecular weight excluding hydrogens is 454 g/mol. The molecule has 0 bridgehead atoms. The quantitative estimate of drug-likeness (QED) is 0.452. The summed E-state index contributed by atoms with van der Waals surface area (Å²) >= 11 is 0. The Hall–Kier alpha value is -4.27. The van der Waals surface area contributed by atoms with Crippen molar-refractivity contribution in [3.63, 3.8) is 0 Å². The number of fused-ring (bicyclic) bond motifs is 3. The summed E-state index contributed by atoms with van der Waals surface area (Å²) < 4.78 is 7.71. The van der Waals surface area contributed by atoms with Crippen LogP contribution in [0.4, 0.5) is 17.2 Å². The highest BCUT2D eigenvalue weighted by Crippen LogP contribution is 2.45. The number of carbonyl (C=O) groups excluding carboxylic acids is 1. The van der Waals surface area contributed by atoms with Gasteiger partial charge in [-0.25, -0.2) is 9.97 Å². The minimum absolute atomic E-state index is 0.0981. The van der Waals surface area contributed by atoms with Gasteiger partial charge >= 0.3 is 0 Å². The van der Waals surface area contributed by atoms with Gasteiger partial charge in [0.05, 0.1) is 17.9 Å². The maximum absolute atomic E-state index is 12.4. The Morgan fingerprint density at radius 3 is 2.64 bits per heavy atom. The van der Waals surface area contributed by atoms with Crippen molar-refractivity contribution in [2.24, 2.45) is 7.05 Å². The summed E-state index contributed by atoms with van der Waals surface area (Å²) in [6, 6.07) is 12.6. The van der Waals surface area contributed by atoms with E-state index in [1.807, 2.05) is 28.8 Å². The zero-order valence-corrected chi connectivity index (χ0v) is 19.9. The smallest absolute Gasteiger partial charge is 0.238 e. The molecule has 0 unspecified atom stereocenters. The van der Waals surface area contributed by atoms with Crippen LogP contribution in [0.2, 0.25) is 0 Å². The van der Waals surface area contributed by atoms with Gasteiger partial charge in [-0.05, 0) is 48.4 Å². The summed E-state index contributed by atoms with van der Waals surface area (Å²) in [6.45, 7) is 0.506. The molecule has 7 rings (SSSR count). The van der Waals surface area contributed by atoms with E-state index in [1.54, 1.807) is 12.5 Å². The van der Waals surface area contributed by atoms with Crippen molar-refractivity contribution in [3.8, 4) is 28.4 Å². The first kappa shape index (κ1) is 21.0. The van der Waals surface area contributed by atoms with Crippen LogP contribution in [-0.2, 0) is 11.8 Å². The van der Waals surface area contributed by atoms with Gasteiger partial charge in [0, 0.05) is 30.8 Å². The Kier molecular flexibility index (Phi) is 4.77. The molecule has 1 saturated carbocycles. The van der Waals surface area contributed by atoms with Crippen LogP contribution in [0.15, 0.2) is 55.1 Å². The molecule has 1 N–H and O–H groups in total. The Morgan fingerprint density at radius 1 is 1.03 bits per heavy atom. The average molecular weight is 480 g/mol. The molecule has 1 aromatic carbocycles. The fraction of sp³-hybridized carbons (Fsp3) is 0.296. The normalized spacial score (nSPS) is 18.5. The van der Waals surface area contributed by atoms with E-state index in [9.17, 15) is 4.79 Å². The highest BCUT2D eigenvalue weighted by molar-refractivity contribution is 5.98. The Labute approximate surface area is 208 Å². The second-order valence-corrected chi connectivity index (χ2v) is 9.71. The van der Waals surface area contributed by atoms with Crippen molar-refractivity contribution in [1.29, 1.82) is 0 Å². The van der Waals surface area contributed by atoms with Crippen LogP contribution < -0.4 is 15.0 Å². The maximum Gasteiger partial charge on any atom is 0.238 e. The molecule has 36 heavy (non-hydrogen) atoms. The molecule has 9 heteroatoms. The van der Waals surface area contributed by atoms with Crippen molar-refractivity contribution in [2.45, 2.75) is 37.6 Å². The van der Waals surface area contributed by atoms with E-state index in [-0.39, 0.29) is 11.9 Å². The predicted molar refractivity (Wildman–Crippen MR) is 135 cm³/mol. The summed E-state index contributed by atoms with van der Waals surface area (Å²) in [4.78, 5) is 23.5. The van der Waals surface area contributed by atoms with E-state index in [4.69, 9.17) is 9.72 Å². The SMILES string of the molecule is Cn1cnnc1-c1ccc(-c2cnc(Nc3cnc4c(c3)N3C(=O)CC[C@H]3CO4)cc2C2CC2)cc1. The lowest BCUT2D eigenvalue weighted by Gasteiger charge is -2.31. The molecule has 2 fully saturated rings. The number of nitrogens with zero attached hydrogens (tertiary/aromatic N) is 6. The summed E-state index contributed by atoms with van der Waals surface area (Å²) in [5, 5.41) is 11.6. The van der Waals surface area contributed by atoms with Gasteiger partial charge in [0.25, 0.3) is 0 Å². The molecule has 0 spiro atoms. The van der Waals surface area contributed by atoms with Gasteiger partial charge < -0.3 is 19.5 Å². The molecule has 3 aliphatic rings. The van der Waals surface area contributed by atoms with Crippen LogP contribution in [0.25, 0.3) is 22.5 Å². The number of nitrogens with one attached hydrogen (secondary N) is 1. The van der Waals surface area contributed by atoms with Crippen LogP contribution in [0.1, 0.15) is 37.2 Å². The van der Waals surface area contributed by atoms with Crippen molar-refractivity contribution in [2.75, 3.05) is 16.8 Å². The number of carbonyl (C=O) groups is 1. The lowest BCUT2D eigenvalue weighted by atomic mass is 9.97. The van der Waals surface area contributed by atoms with Crippen molar-refractivity contribution >= 4 is 23.1 Å². The fourth-order valence-electron chi connectivity index (χ4n) is 5.20. The first-order valence-corrected chi connectivity index (χ1v) is 12.3. The predicted octanol–water partition coefficient (Wildman–Crippen LogP) is 4.45. The van der Waals surface area contributed by atoms with Gasteiger partial charge in [-0.3, -0.25) is 4.79 Å². The van der Waals surface area contributed by atoms with Crippen molar-refractivity contribution in [3.05, 3.63) is 60.7 Å². The monoisotopic (exact) mass is 479 g/mol. The first-order valence-electron chi connectivity index (χ1n) is 12.3. The zero-order valence-electron chi connectivity index (χ0n) is 19.9. The molecule has 9 nitrogen and oxygen atoms in total. The second-order valence-electron chi connectivity index (χ2n) is 9.71. The number of ether oxygens (including phenoxy) is 1. The minimum Gasteiger partial charge on any atom is -0.474 e. The van der Waals surface area contributed by atoms with Crippen LogP contribution in [-0.4, -0.2) is 43.3 Å². The van der Waals surface area contributed by atoms with E-state index in [0.717, 1.165) is 46.1 Å². The third-order valence-corrected chi connectivity index (χ3v) is 7.22. The summed E-state index contributed by atoms with van der Waals surface area (Å²) in [5.41, 5.74) is 6.13. The van der Waals surface area contributed by atoms with E-state index < -0.39 is 0 Å². The zero-order chi connectivity index (χ0) is 24.2. The number of aromatic nitrogens is 5. The maximum atomic E-state index is 12.4. The number of hydrogen-bond acceptors (Lipinski definition) is 7. The van der Waals surface area contributed by atoms with E-state index in [1.165, 1.54) is 18.4 Å². The van der Waals surface area contributed by atoms with Crippen LogP contribution in [0.5, 0.6) is 5.88 Å². The molecule has 180 valence electrons. The largest absolute Gasteiger partial charge is 0.474 e. The highest BCUT2D eigenvalue weighted by Gasteiger charge is 2.38. The van der Waals surface area contributed by atoms with Gasteiger partial charge in [-0.15, -0.1) is 10.2 Å². The molecule has 1 amide bonds. The topological polar surface area (TPSA) is 98.1 Å².